The fourth-order valence-corrected chi connectivity index (χ4v) is 1.29. The van der Waals surface area contributed by atoms with Crippen LogP contribution in [0.25, 0.3) is 0 Å². The van der Waals surface area contributed by atoms with Gasteiger partial charge in [0, 0.05) is 6.42 Å². The van der Waals surface area contributed by atoms with Gasteiger partial charge in [0.05, 0.1) is 6.42 Å². The number of nitrogens with one attached hydrogen (secondary N) is 1. The molecular weight excluding hydrogens is 194 g/mol. The van der Waals surface area contributed by atoms with Crippen molar-refractivity contribution in [3.8, 4) is 0 Å². The lowest BCUT2D eigenvalue weighted by Crippen LogP contribution is -2.20. The number of hydrogen-bond donors (Lipinski definition) is 2. The summed E-state index contributed by atoms with van der Waals surface area (Å²) in [5.41, 5.74) is 3.29. The monoisotopic (exact) mass is 207 g/mol. The average molecular weight is 207 g/mol. The average Bonchev–Trinajstić information content (AvgIpc) is 2.20. The molecule has 1 aromatic rings. The van der Waals surface area contributed by atoms with Gasteiger partial charge < -0.3 is 0 Å². The van der Waals surface area contributed by atoms with Crippen LogP contribution in [0.15, 0.2) is 24.3 Å². The molecule has 0 spiro atoms. The van der Waals surface area contributed by atoms with E-state index in [0.717, 1.165) is 11.1 Å². The Morgan fingerprint density at radius 2 is 1.60 bits per heavy atom. The van der Waals surface area contributed by atoms with Crippen LogP contribution in [0.5, 0.6) is 0 Å². The third-order valence-corrected chi connectivity index (χ3v) is 1.97. The van der Waals surface area contributed by atoms with Crippen molar-refractivity contribution in [1.82, 2.24) is 5.48 Å². The van der Waals surface area contributed by atoms with Gasteiger partial charge in [-0.3, -0.25) is 14.8 Å². The summed E-state index contributed by atoms with van der Waals surface area (Å²) >= 11 is 0. The molecule has 4 heteroatoms. The van der Waals surface area contributed by atoms with E-state index in [-0.39, 0.29) is 12.2 Å². The van der Waals surface area contributed by atoms with Gasteiger partial charge >= 0.3 is 0 Å². The van der Waals surface area contributed by atoms with E-state index in [0.29, 0.717) is 6.42 Å². The molecule has 0 fully saturated rings. The lowest BCUT2D eigenvalue weighted by molar-refractivity contribution is -0.128. The highest BCUT2D eigenvalue weighted by Crippen LogP contribution is 2.06. The molecule has 0 saturated carbocycles. The molecule has 1 aromatic carbocycles. The van der Waals surface area contributed by atoms with Crippen LogP contribution in [0.1, 0.15) is 18.1 Å². The first-order valence-corrected chi connectivity index (χ1v) is 4.62. The maximum atomic E-state index is 10.8. The van der Waals surface area contributed by atoms with Crippen LogP contribution in [-0.4, -0.2) is 16.9 Å². The van der Waals surface area contributed by atoms with Crippen LogP contribution in [0.2, 0.25) is 0 Å². The Morgan fingerprint density at radius 1 is 1.13 bits per heavy atom. The van der Waals surface area contributed by atoms with Crippen molar-refractivity contribution in [2.24, 2.45) is 0 Å². The maximum absolute atomic E-state index is 10.8. The first-order chi connectivity index (χ1) is 7.11. The molecule has 0 radical (unpaired) electrons. The second kappa shape index (κ2) is 5.26. The van der Waals surface area contributed by atoms with Gasteiger partial charge in [-0.25, -0.2) is 5.48 Å². The first kappa shape index (κ1) is 11.4. The van der Waals surface area contributed by atoms with E-state index >= 15 is 0 Å². The quantitative estimate of drug-likeness (QED) is 0.568. The van der Waals surface area contributed by atoms with Crippen LogP contribution in [0, 0.1) is 0 Å². The molecule has 15 heavy (non-hydrogen) atoms. The summed E-state index contributed by atoms with van der Waals surface area (Å²) in [4.78, 5) is 21.7. The van der Waals surface area contributed by atoms with Gasteiger partial charge in [0.15, 0.2) is 0 Å². The van der Waals surface area contributed by atoms with Crippen LogP contribution in [0.3, 0.4) is 0 Å². The molecule has 0 aromatic heterocycles. The number of ketones is 1. The molecule has 80 valence electrons. The number of Topliss-reactive ketones (excluding diaryl/α,β-unsaturated/α-hetero) is 1. The molecule has 2 N–H and O–H groups in total. The van der Waals surface area contributed by atoms with Crippen molar-refractivity contribution in [2.75, 3.05) is 0 Å². The third-order valence-electron chi connectivity index (χ3n) is 1.97. The van der Waals surface area contributed by atoms with E-state index in [9.17, 15) is 9.59 Å². The number of benzene rings is 1. The summed E-state index contributed by atoms with van der Waals surface area (Å²) in [6, 6.07) is 7.16. The van der Waals surface area contributed by atoms with Crippen LogP contribution in [-0.2, 0) is 22.4 Å². The van der Waals surface area contributed by atoms with Gasteiger partial charge in [-0.2, -0.15) is 0 Å². The zero-order chi connectivity index (χ0) is 11.3. The lowest BCUT2D eigenvalue weighted by Gasteiger charge is -2.01. The molecule has 0 atom stereocenters. The number of amides is 1. The Kier molecular flexibility index (Phi) is 4.00. The molecule has 1 rings (SSSR count). The molecular formula is C11H13NO3. The summed E-state index contributed by atoms with van der Waals surface area (Å²) in [7, 11) is 0. The van der Waals surface area contributed by atoms with Crippen LogP contribution in [0.4, 0.5) is 0 Å². The summed E-state index contributed by atoms with van der Waals surface area (Å²) in [5, 5.41) is 8.33. The maximum Gasteiger partial charge on any atom is 0.247 e. The predicted molar refractivity (Wildman–Crippen MR) is 54.5 cm³/mol. The summed E-state index contributed by atoms with van der Waals surface area (Å²) in [6.07, 6.45) is 0.545. The highest BCUT2D eigenvalue weighted by molar-refractivity contribution is 5.78. The van der Waals surface area contributed by atoms with E-state index < -0.39 is 5.91 Å². The molecule has 0 aliphatic rings. The third kappa shape index (κ3) is 3.91. The summed E-state index contributed by atoms with van der Waals surface area (Å²) in [6.45, 7) is 1.53. The minimum absolute atomic E-state index is 0.107. The zero-order valence-electron chi connectivity index (χ0n) is 8.49. The van der Waals surface area contributed by atoms with Gasteiger partial charge in [-0.1, -0.05) is 24.3 Å². The fourth-order valence-electron chi connectivity index (χ4n) is 1.29. The van der Waals surface area contributed by atoms with Gasteiger partial charge in [0.25, 0.3) is 0 Å². The van der Waals surface area contributed by atoms with Crippen molar-refractivity contribution >= 4 is 11.7 Å². The second-order valence-corrected chi connectivity index (χ2v) is 3.41. The standard InChI is InChI=1S/C11H13NO3/c1-8(13)6-9-2-4-10(5-3-9)7-11(14)12-15/h2-5,15H,6-7H2,1H3,(H,12,14). The molecule has 0 aliphatic heterocycles. The number of rotatable bonds is 4. The molecule has 1 amide bonds. The topological polar surface area (TPSA) is 66.4 Å². The number of carbonyl (C=O) groups is 2. The summed E-state index contributed by atoms with van der Waals surface area (Å²) < 4.78 is 0. The Bertz CT molecular complexity index is 357. The molecule has 0 heterocycles. The van der Waals surface area contributed by atoms with Crippen LogP contribution < -0.4 is 5.48 Å². The number of hydrogen-bond acceptors (Lipinski definition) is 3. The van der Waals surface area contributed by atoms with Crippen molar-refractivity contribution in [3.63, 3.8) is 0 Å². The van der Waals surface area contributed by atoms with Crippen molar-refractivity contribution in [3.05, 3.63) is 35.4 Å². The highest BCUT2D eigenvalue weighted by atomic mass is 16.5. The van der Waals surface area contributed by atoms with Gasteiger partial charge in [-0.15, -0.1) is 0 Å². The van der Waals surface area contributed by atoms with E-state index in [1.54, 1.807) is 29.7 Å². The normalized spacial score (nSPS) is 9.73. The lowest BCUT2D eigenvalue weighted by atomic mass is 10.1. The Hall–Kier alpha value is -1.68. The Morgan fingerprint density at radius 3 is 2.00 bits per heavy atom. The SMILES string of the molecule is CC(=O)Cc1ccc(CC(=O)NO)cc1. The molecule has 0 aliphatic carbocycles. The van der Waals surface area contributed by atoms with Gasteiger partial charge in [0.2, 0.25) is 5.91 Å². The van der Waals surface area contributed by atoms with Crippen molar-refractivity contribution < 1.29 is 14.8 Å². The molecule has 0 unspecified atom stereocenters. The molecule has 4 nitrogen and oxygen atoms in total. The van der Waals surface area contributed by atoms with Gasteiger partial charge in [-0.05, 0) is 18.1 Å². The Labute approximate surface area is 87.9 Å². The van der Waals surface area contributed by atoms with E-state index in [4.69, 9.17) is 5.21 Å². The van der Waals surface area contributed by atoms with Gasteiger partial charge in [0.1, 0.15) is 5.78 Å². The van der Waals surface area contributed by atoms with E-state index in [2.05, 4.69) is 0 Å². The second-order valence-electron chi connectivity index (χ2n) is 3.41. The van der Waals surface area contributed by atoms with Crippen molar-refractivity contribution in [2.45, 2.75) is 19.8 Å². The minimum atomic E-state index is -0.450. The Balaban J connectivity index is 2.64. The van der Waals surface area contributed by atoms with E-state index in [1.807, 2.05) is 0 Å². The zero-order valence-corrected chi connectivity index (χ0v) is 8.49. The first-order valence-electron chi connectivity index (χ1n) is 4.62. The van der Waals surface area contributed by atoms with E-state index in [1.165, 1.54) is 6.92 Å². The predicted octanol–water partition coefficient (Wildman–Crippen LogP) is 0.866. The fraction of sp³-hybridized carbons (Fsp3) is 0.273. The highest BCUT2D eigenvalue weighted by Gasteiger charge is 2.02. The smallest absolute Gasteiger partial charge is 0.247 e. The molecule has 0 saturated heterocycles. The number of carbonyl (C=O) groups excluding carboxylic acids is 2. The number of hydroxylamine groups is 1. The largest absolute Gasteiger partial charge is 0.300 e. The minimum Gasteiger partial charge on any atom is -0.300 e. The van der Waals surface area contributed by atoms with Crippen molar-refractivity contribution in [1.29, 1.82) is 0 Å². The van der Waals surface area contributed by atoms with Crippen LogP contribution >= 0.6 is 0 Å². The summed E-state index contributed by atoms with van der Waals surface area (Å²) in [5.74, 6) is -0.342. The molecule has 0 bridgehead atoms.